The maximum atomic E-state index is 13.4. The summed E-state index contributed by atoms with van der Waals surface area (Å²) in [4.78, 5) is 12.4. The molecule has 0 unspecified atom stereocenters. The van der Waals surface area contributed by atoms with Crippen LogP contribution in [0, 0.1) is 12.7 Å². The minimum Gasteiger partial charge on any atom is -0.495 e. The summed E-state index contributed by atoms with van der Waals surface area (Å²) >= 11 is 0. The number of aryl methyl sites for hydroxylation is 1. The SMILES string of the molecule is COc1ccccc1NS(=O)(=O)c1ccc(C(=O)Nc2cc(F)ccc2C)cc1. The van der Waals surface area contributed by atoms with Crippen molar-refractivity contribution in [3.8, 4) is 5.75 Å². The van der Waals surface area contributed by atoms with Gasteiger partial charge in [-0.15, -0.1) is 0 Å². The van der Waals surface area contributed by atoms with E-state index in [-0.39, 0.29) is 10.5 Å². The first-order valence-corrected chi connectivity index (χ1v) is 10.1. The van der Waals surface area contributed by atoms with Crippen molar-refractivity contribution >= 4 is 27.3 Å². The van der Waals surface area contributed by atoms with Crippen LogP contribution in [0.4, 0.5) is 15.8 Å². The fraction of sp³-hybridized carbons (Fsp3) is 0.0952. The molecule has 0 aliphatic carbocycles. The average Bonchev–Trinajstić information content (AvgIpc) is 2.71. The Kier molecular flexibility index (Phi) is 5.84. The molecule has 0 aliphatic heterocycles. The third-order valence-electron chi connectivity index (χ3n) is 4.23. The van der Waals surface area contributed by atoms with E-state index < -0.39 is 21.7 Å². The van der Waals surface area contributed by atoms with E-state index in [9.17, 15) is 17.6 Å². The minimum absolute atomic E-state index is 0.0121. The largest absolute Gasteiger partial charge is 0.495 e. The van der Waals surface area contributed by atoms with Crippen molar-refractivity contribution in [1.29, 1.82) is 0 Å². The van der Waals surface area contributed by atoms with Crippen LogP contribution < -0.4 is 14.8 Å². The Morgan fingerprint density at radius 3 is 2.34 bits per heavy atom. The fourth-order valence-electron chi connectivity index (χ4n) is 2.64. The van der Waals surface area contributed by atoms with Crippen LogP contribution in [0.25, 0.3) is 0 Å². The number of anilines is 2. The van der Waals surface area contributed by atoms with Crippen molar-refractivity contribution in [2.24, 2.45) is 0 Å². The highest BCUT2D eigenvalue weighted by Gasteiger charge is 2.17. The second-order valence-corrected chi connectivity index (χ2v) is 7.93. The molecule has 0 aromatic heterocycles. The summed E-state index contributed by atoms with van der Waals surface area (Å²) in [7, 11) is -2.43. The van der Waals surface area contributed by atoms with E-state index in [4.69, 9.17) is 4.74 Å². The van der Waals surface area contributed by atoms with Crippen molar-refractivity contribution < 1.29 is 22.3 Å². The van der Waals surface area contributed by atoms with Gasteiger partial charge in [0.2, 0.25) is 0 Å². The smallest absolute Gasteiger partial charge is 0.262 e. The van der Waals surface area contributed by atoms with E-state index in [2.05, 4.69) is 10.0 Å². The number of nitrogens with one attached hydrogen (secondary N) is 2. The fourth-order valence-corrected chi connectivity index (χ4v) is 3.71. The predicted molar refractivity (Wildman–Crippen MR) is 109 cm³/mol. The molecule has 0 atom stereocenters. The zero-order chi connectivity index (χ0) is 21.0. The number of halogens is 1. The first-order chi connectivity index (χ1) is 13.8. The standard InChI is InChI=1S/C21H19FN2O4S/c1-14-7-10-16(22)13-19(14)23-21(25)15-8-11-17(12-9-15)29(26,27)24-18-5-3-4-6-20(18)28-2/h3-13,24H,1-2H3,(H,23,25). The van der Waals surface area contributed by atoms with E-state index in [1.807, 2.05) is 0 Å². The second-order valence-electron chi connectivity index (χ2n) is 6.24. The number of carbonyl (C=O) groups excluding carboxylic acids is 1. The van der Waals surface area contributed by atoms with Gasteiger partial charge in [-0.25, -0.2) is 12.8 Å². The molecule has 0 bridgehead atoms. The van der Waals surface area contributed by atoms with Gasteiger partial charge in [-0.1, -0.05) is 18.2 Å². The topological polar surface area (TPSA) is 84.5 Å². The Morgan fingerprint density at radius 1 is 0.966 bits per heavy atom. The quantitative estimate of drug-likeness (QED) is 0.633. The number of hydrogen-bond acceptors (Lipinski definition) is 4. The summed E-state index contributed by atoms with van der Waals surface area (Å²) in [6.07, 6.45) is 0. The van der Waals surface area contributed by atoms with Crippen molar-refractivity contribution in [3.63, 3.8) is 0 Å². The molecule has 29 heavy (non-hydrogen) atoms. The molecule has 0 fully saturated rings. The molecular formula is C21H19FN2O4S. The zero-order valence-corrected chi connectivity index (χ0v) is 16.6. The van der Waals surface area contributed by atoms with Gasteiger partial charge in [0.15, 0.2) is 0 Å². The van der Waals surface area contributed by atoms with Gasteiger partial charge >= 0.3 is 0 Å². The summed E-state index contributed by atoms with van der Waals surface area (Å²) < 4.78 is 46.2. The molecule has 6 nitrogen and oxygen atoms in total. The van der Waals surface area contributed by atoms with Gasteiger partial charge in [0.1, 0.15) is 11.6 Å². The molecule has 3 rings (SSSR count). The normalized spacial score (nSPS) is 11.0. The number of sulfonamides is 1. The summed E-state index contributed by atoms with van der Waals surface area (Å²) in [6, 6.07) is 16.1. The molecular weight excluding hydrogens is 395 g/mol. The molecule has 3 aromatic carbocycles. The maximum absolute atomic E-state index is 13.4. The first-order valence-electron chi connectivity index (χ1n) is 8.63. The van der Waals surface area contributed by atoms with Gasteiger partial charge in [0, 0.05) is 11.3 Å². The number of benzene rings is 3. The van der Waals surface area contributed by atoms with Crippen molar-refractivity contribution in [1.82, 2.24) is 0 Å². The number of methoxy groups -OCH3 is 1. The lowest BCUT2D eigenvalue weighted by molar-refractivity contribution is 0.102. The van der Waals surface area contributed by atoms with Crippen molar-refractivity contribution in [2.75, 3.05) is 17.1 Å². The Morgan fingerprint density at radius 2 is 1.66 bits per heavy atom. The van der Waals surface area contributed by atoms with E-state index in [1.165, 1.54) is 43.5 Å². The lowest BCUT2D eigenvalue weighted by Crippen LogP contribution is -2.15. The second kappa shape index (κ2) is 8.32. The van der Waals surface area contributed by atoms with Crippen LogP contribution in [0.5, 0.6) is 5.75 Å². The third-order valence-corrected chi connectivity index (χ3v) is 5.61. The minimum atomic E-state index is -3.87. The molecule has 0 saturated carbocycles. The third kappa shape index (κ3) is 4.72. The van der Waals surface area contributed by atoms with Gasteiger partial charge < -0.3 is 10.1 Å². The first kappa shape index (κ1) is 20.3. The van der Waals surface area contributed by atoms with Crippen LogP contribution in [0.3, 0.4) is 0 Å². The van der Waals surface area contributed by atoms with Crippen LogP contribution in [0.15, 0.2) is 71.6 Å². The molecule has 0 heterocycles. The summed E-state index contributed by atoms with van der Waals surface area (Å²) in [6.45, 7) is 1.74. The summed E-state index contributed by atoms with van der Waals surface area (Å²) in [5.41, 5.74) is 1.60. The average molecular weight is 414 g/mol. The highest BCUT2D eigenvalue weighted by atomic mass is 32.2. The van der Waals surface area contributed by atoms with E-state index in [0.29, 0.717) is 22.7 Å². The van der Waals surface area contributed by atoms with Crippen LogP contribution in [-0.2, 0) is 10.0 Å². The Balaban J connectivity index is 1.78. The number of rotatable bonds is 6. The Bertz CT molecular complexity index is 1150. The van der Waals surface area contributed by atoms with Crippen LogP contribution >= 0.6 is 0 Å². The molecule has 0 radical (unpaired) electrons. The number of amides is 1. The lowest BCUT2D eigenvalue weighted by Gasteiger charge is -2.12. The van der Waals surface area contributed by atoms with Gasteiger partial charge in [-0.05, 0) is 61.0 Å². The highest BCUT2D eigenvalue weighted by molar-refractivity contribution is 7.92. The molecule has 0 aliphatic rings. The van der Waals surface area contributed by atoms with Crippen LogP contribution in [-0.4, -0.2) is 21.4 Å². The van der Waals surface area contributed by atoms with Crippen LogP contribution in [0.2, 0.25) is 0 Å². The number of hydrogen-bond donors (Lipinski definition) is 2. The van der Waals surface area contributed by atoms with E-state index in [1.54, 1.807) is 37.3 Å². The molecule has 3 aromatic rings. The molecule has 1 amide bonds. The van der Waals surface area contributed by atoms with E-state index >= 15 is 0 Å². The predicted octanol–water partition coefficient (Wildman–Crippen LogP) is 4.20. The number of para-hydroxylation sites is 2. The molecule has 2 N–H and O–H groups in total. The summed E-state index contributed by atoms with van der Waals surface area (Å²) in [5.74, 6) is -0.548. The van der Waals surface area contributed by atoms with Crippen LogP contribution in [0.1, 0.15) is 15.9 Å². The molecule has 8 heteroatoms. The highest BCUT2D eigenvalue weighted by Crippen LogP contribution is 2.26. The monoisotopic (exact) mass is 414 g/mol. The van der Waals surface area contributed by atoms with E-state index in [0.717, 1.165) is 0 Å². The Hall–Kier alpha value is -3.39. The number of carbonyl (C=O) groups is 1. The van der Waals surface area contributed by atoms with Gasteiger partial charge in [-0.3, -0.25) is 9.52 Å². The Labute approximate surface area is 168 Å². The number of ether oxygens (including phenoxy) is 1. The zero-order valence-electron chi connectivity index (χ0n) is 15.8. The van der Waals surface area contributed by atoms with Crippen molar-refractivity contribution in [3.05, 3.63) is 83.7 Å². The molecule has 0 saturated heterocycles. The van der Waals surface area contributed by atoms with Gasteiger partial charge in [0.25, 0.3) is 15.9 Å². The molecule has 0 spiro atoms. The van der Waals surface area contributed by atoms with Gasteiger partial charge in [-0.2, -0.15) is 0 Å². The maximum Gasteiger partial charge on any atom is 0.262 e. The summed E-state index contributed by atoms with van der Waals surface area (Å²) in [5, 5.41) is 2.62. The molecule has 150 valence electrons. The van der Waals surface area contributed by atoms with Crippen molar-refractivity contribution in [2.45, 2.75) is 11.8 Å². The van der Waals surface area contributed by atoms with Gasteiger partial charge in [0.05, 0.1) is 17.7 Å². The lowest BCUT2D eigenvalue weighted by atomic mass is 10.1.